The van der Waals surface area contributed by atoms with Crippen LogP contribution < -0.4 is 5.32 Å². The number of fused-ring (bicyclic) bond motifs is 1. The van der Waals surface area contributed by atoms with E-state index >= 15 is 0 Å². The third-order valence-electron chi connectivity index (χ3n) is 4.35. The van der Waals surface area contributed by atoms with Crippen LogP contribution in [0.3, 0.4) is 0 Å². The molecule has 110 valence electrons. The van der Waals surface area contributed by atoms with Gasteiger partial charge in [-0.05, 0) is 44.4 Å². The molecule has 1 aromatic carbocycles. The molecule has 0 saturated heterocycles. The maximum atomic E-state index is 12.2. The van der Waals surface area contributed by atoms with Crippen LogP contribution in [0.25, 0.3) is 11.1 Å². The fraction of sp³-hybridized carbons (Fsp3) is 0.467. The minimum absolute atomic E-state index is 0.169. The van der Waals surface area contributed by atoms with Crippen molar-refractivity contribution in [3.05, 3.63) is 24.1 Å². The highest BCUT2D eigenvalue weighted by atomic mass is 35.5. The number of hydrogen-bond donors (Lipinski definition) is 1. The third-order valence-corrected chi connectivity index (χ3v) is 5.45. The molecule has 1 N–H and O–H groups in total. The van der Waals surface area contributed by atoms with Crippen LogP contribution in [0.2, 0.25) is 0 Å². The molecule has 0 bridgehead atoms. The lowest BCUT2D eigenvalue weighted by atomic mass is 10.1. The van der Waals surface area contributed by atoms with Gasteiger partial charge in [0.2, 0.25) is 5.91 Å². The summed E-state index contributed by atoms with van der Waals surface area (Å²) in [5, 5.41) is 2.86. The van der Waals surface area contributed by atoms with Gasteiger partial charge >= 0.3 is 0 Å². The SMILES string of the molecule is CC1(C(=O)Nc2ccc3oc(C4CC4)nc3c2)CC1(Cl)Cl. The van der Waals surface area contributed by atoms with Gasteiger partial charge in [0, 0.05) is 11.6 Å². The molecular formula is C15H14Cl2N2O2. The number of rotatable bonds is 3. The van der Waals surface area contributed by atoms with Crippen LogP contribution >= 0.6 is 23.2 Å². The van der Waals surface area contributed by atoms with E-state index < -0.39 is 9.75 Å². The number of aromatic nitrogens is 1. The number of nitrogens with one attached hydrogen (secondary N) is 1. The van der Waals surface area contributed by atoms with Crippen molar-refractivity contribution in [3.63, 3.8) is 0 Å². The minimum Gasteiger partial charge on any atom is -0.440 e. The molecule has 0 aliphatic heterocycles. The third kappa shape index (κ3) is 2.12. The molecular weight excluding hydrogens is 311 g/mol. The van der Waals surface area contributed by atoms with Crippen molar-refractivity contribution in [1.29, 1.82) is 0 Å². The van der Waals surface area contributed by atoms with E-state index in [0.717, 1.165) is 29.8 Å². The number of carbonyl (C=O) groups excluding carboxylic acids is 1. The van der Waals surface area contributed by atoms with Crippen molar-refractivity contribution < 1.29 is 9.21 Å². The average molecular weight is 325 g/mol. The number of hydrogen-bond acceptors (Lipinski definition) is 3. The van der Waals surface area contributed by atoms with Gasteiger partial charge in [-0.2, -0.15) is 0 Å². The lowest BCUT2D eigenvalue weighted by Crippen LogP contribution is -2.25. The van der Waals surface area contributed by atoms with Gasteiger partial charge in [0.05, 0.1) is 5.41 Å². The van der Waals surface area contributed by atoms with E-state index in [1.54, 1.807) is 13.0 Å². The smallest absolute Gasteiger partial charge is 0.233 e. The summed E-state index contributed by atoms with van der Waals surface area (Å²) in [6.45, 7) is 1.77. The number of nitrogens with zero attached hydrogens (tertiary/aromatic N) is 1. The van der Waals surface area contributed by atoms with Gasteiger partial charge in [0.1, 0.15) is 9.85 Å². The van der Waals surface area contributed by atoms with Crippen molar-refractivity contribution in [2.24, 2.45) is 5.41 Å². The standard InChI is InChI=1S/C15H14Cl2N2O2/c1-14(7-15(14,16)17)13(20)18-9-4-5-11-10(6-9)19-12(21-11)8-2-3-8/h4-6,8H,2-3,7H2,1H3,(H,18,20). The predicted molar refractivity (Wildman–Crippen MR) is 81.8 cm³/mol. The number of carbonyl (C=O) groups is 1. The van der Waals surface area contributed by atoms with Gasteiger partial charge in [-0.15, -0.1) is 23.2 Å². The first kappa shape index (κ1) is 13.4. The summed E-state index contributed by atoms with van der Waals surface area (Å²) in [6, 6.07) is 5.45. The Labute approximate surface area is 131 Å². The molecule has 0 radical (unpaired) electrons. The summed E-state index contributed by atoms with van der Waals surface area (Å²) < 4.78 is 4.73. The minimum atomic E-state index is -0.964. The van der Waals surface area contributed by atoms with Gasteiger partial charge in [-0.3, -0.25) is 4.79 Å². The topological polar surface area (TPSA) is 55.1 Å². The van der Waals surface area contributed by atoms with Gasteiger partial charge in [-0.25, -0.2) is 4.98 Å². The molecule has 21 heavy (non-hydrogen) atoms. The number of anilines is 1. The van der Waals surface area contributed by atoms with Crippen LogP contribution in [-0.4, -0.2) is 15.2 Å². The molecule has 1 unspecified atom stereocenters. The lowest BCUT2D eigenvalue weighted by molar-refractivity contribution is -0.120. The van der Waals surface area contributed by atoms with Gasteiger partial charge in [0.15, 0.2) is 11.5 Å². The molecule has 0 spiro atoms. The quantitative estimate of drug-likeness (QED) is 0.859. The Bertz CT molecular complexity index is 751. The molecule has 4 rings (SSSR count). The van der Waals surface area contributed by atoms with Crippen molar-refractivity contribution in [3.8, 4) is 0 Å². The summed E-state index contributed by atoms with van der Waals surface area (Å²) in [7, 11) is 0. The van der Waals surface area contributed by atoms with Gasteiger partial charge in [0.25, 0.3) is 0 Å². The molecule has 6 heteroatoms. The first-order chi connectivity index (χ1) is 9.89. The zero-order chi connectivity index (χ0) is 14.8. The highest BCUT2D eigenvalue weighted by Crippen LogP contribution is 2.64. The molecule has 1 aromatic heterocycles. The number of oxazole rings is 1. The van der Waals surface area contributed by atoms with E-state index in [2.05, 4.69) is 10.3 Å². The second-order valence-corrected chi connectivity index (χ2v) is 7.66. The summed E-state index contributed by atoms with van der Waals surface area (Å²) >= 11 is 12.1. The molecule has 2 saturated carbocycles. The van der Waals surface area contributed by atoms with Gasteiger partial charge < -0.3 is 9.73 Å². The predicted octanol–water partition coefficient (Wildman–Crippen LogP) is 4.23. The van der Waals surface area contributed by atoms with Crippen molar-refractivity contribution in [1.82, 2.24) is 4.98 Å². The van der Waals surface area contributed by atoms with Crippen LogP contribution in [-0.2, 0) is 4.79 Å². The number of alkyl halides is 2. The van der Waals surface area contributed by atoms with E-state index in [1.807, 2.05) is 12.1 Å². The molecule has 2 fully saturated rings. The molecule has 1 amide bonds. The van der Waals surface area contributed by atoms with Crippen molar-refractivity contribution in [2.75, 3.05) is 5.32 Å². The van der Waals surface area contributed by atoms with Gasteiger partial charge in [-0.1, -0.05) is 0 Å². The molecule has 2 aliphatic carbocycles. The van der Waals surface area contributed by atoms with Crippen molar-refractivity contribution in [2.45, 2.75) is 36.4 Å². The van der Waals surface area contributed by atoms with E-state index in [0.29, 0.717) is 18.0 Å². The van der Waals surface area contributed by atoms with E-state index in [9.17, 15) is 4.79 Å². The number of amides is 1. The first-order valence-electron chi connectivity index (χ1n) is 6.99. The zero-order valence-electron chi connectivity index (χ0n) is 11.5. The fourth-order valence-corrected chi connectivity index (χ4v) is 3.15. The first-order valence-corrected chi connectivity index (χ1v) is 7.74. The Morgan fingerprint density at radius 1 is 1.43 bits per heavy atom. The van der Waals surface area contributed by atoms with Crippen LogP contribution in [0.15, 0.2) is 22.6 Å². The Morgan fingerprint density at radius 3 is 2.76 bits per heavy atom. The molecule has 2 aromatic rings. The maximum Gasteiger partial charge on any atom is 0.233 e. The molecule has 1 atom stereocenters. The zero-order valence-corrected chi connectivity index (χ0v) is 13.0. The number of benzene rings is 1. The second-order valence-electron chi connectivity index (χ2n) is 6.18. The Hall–Kier alpha value is -1.26. The largest absolute Gasteiger partial charge is 0.440 e. The Morgan fingerprint density at radius 2 is 2.14 bits per heavy atom. The number of halogens is 2. The average Bonchev–Trinajstić information content (AvgIpc) is 3.28. The Kier molecular flexibility index (Phi) is 2.64. The summed E-state index contributed by atoms with van der Waals surface area (Å²) in [5.74, 6) is 1.09. The fourth-order valence-electron chi connectivity index (χ4n) is 2.44. The highest BCUT2D eigenvalue weighted by molar-refractivity contribution is 6.53. The second kappa shape index (κ2) is 4.14. The van der Waals surface area contributed by atoms with E-state index in [-0.39, 0.29) is 5.91 Å². The summed E-state index contributed by atoms with van der Waals surface area (Å²) in [6.07, 6.45) is 2.75. The van der Waals surface area contributed by atoms with E-state index in [4.69, 9.17) is 27.6 Å². The van der Waals surface area contributed by atoms with Crippen LogP contribution in [0, 0.1) is 5.41 Å². The normalized spacial score (nSPS) is 26.8. The summed E-state index contributed by atoms with van der Waals surface area (Å²) in [4.78, 5) is 16.7. The summed E-state index contributed by atoms with van der Waals surface area (Å²) in [5.41, 5.74) is 1.46. The Balaban J connectivity index is 1.58. The molecule has 1 heterocycles. The highest BCUT2D eigenvalue weighted by Gasteiger charge is 2.67. The van der Waals surface area contributed by atoms with Crippen molar-refractivity contribution >= 4 is 45.9 Å². The van der Waals surface area contributed by atoms with E-state index in [1.165, 1.54) is 0 Å². The van der Waals surface area contributed by atoms with Crippen LogP contribution in [0.4, 0.5) is 5.69 Å². The lowest BCUT2D eigenvalue weighted by Gasteiger charge is -2.12. The monoisotopic (exact) mass is 324 g/mol. The molecule has 4 nitrogen and oxygen atoms in total. The molecule has 2 aliphatic rings. The van der Waals surface area contributed by atoms with Crippen LogP contribution in [0.5, 0.6) is 0 Å². The maximum absolute atomic E-state index is 12.2. The van der Waals surface area contributed by atoms with Crippen LogP contribution in [0.1, 0.15) is 38.0 Å².